The molecular weight excluding hydrogens is 749 g/mol. The van der Waals surface area contributed by atoms with E-state index in [1.165, 1.54) is 283 Å². The average molecular weight is 860 g/mol. The smallest absolute Gasteiger partial charge is 0.305 e. The second kappa shape index (κ2) is 54.8. The lowest BCUT2D eigenvalue weighted by atomic mass is 10.0. The molecule has 0 radical (unpaired) electrons. The van der Waals surface area contributed by atoms with Crippen molar-refractivity contribution in [1.82, 2.24) is 0 Å². The fourth-order valence-electron chi connectivity index (χ4n) is 8.99. The molecule has 0 saturated heterocycles. The summed E-state index contributed by atoms with van der Waals surface area (Å²) in [6.45, 7) is 2.90. The second-order valence-electron chi connectivity index (χ2n) is 19.4. The van der Waals surface area contributed by atoms with Crippen molar-refractivity contribution in [2.75, 3.05) is 6.61 Å². The summed E-state index contributed by atoms with van der Waals surface area (Å²) in [6.07, 6.45) is 71.9. The van der Waals surface area contributed by atoms with Crippen LogP contribution in [0.4, 0.5) is 0 Å². The number of aliphatic carboxylic acids is 1. The lowest BCUT2D eigenvalue weighted by Crippen LogP contribution is -2.05. The van der Waals surface area contributed by atoms with Gasteiger partial charge < -0.3 is 9.84 Å². The fourth-order valence-corrected chi connectivity index (χ4v) is 8.99. The van der Waals surface area contributed by atoms with Gasteiger partial charge in [-0.05, 0) is 44.9 Å². The predicted molar refractivity (Wildman–Crippen MR) is 269 cm³/mol. The number of carbonyl (C=O) groups is 2. The maximum absolute atomic E-state index is 12.0. The normalized spacial score (nSPS) is 11.6. The van der Waals surface area contributed by atoms with Crippen LogP contribution in [0, 0.1) is 0 Å². The molecule has 0 aromatic carbocycles. The van der Waals surface area contributed by atoms with Crippen molar-refractivity contribution in [1.29, 1.82) is 0 Å². The molecule has 0 aromatic heterocycles. The van der Waals surface area contributed by atoms with Crippen molar-refractivity contribution >= 4 is 11.9 Å². The molecule has 0 aromatic rings. The molecule has 0 aliphatic rings. The first-order valence-electron chi connectivity index (χ1n) is 28.2. The molecule has 4 nitrogen and oxygen atoms in total. The quantitative estimate of drug-likeness (QED) is 0.0376. The second-order valence-corrected chi connectivity index (χ2v) is 19.4. The van der Waals surface area contributed by atoms with Crippen LogP contribution in [0.2, 0.25) is 0 Å². The Bertz CT molecular complexity index is 867. The van der Waals surface area contributed by atoms with E-state index in [0.29, 0.717) is 19.4 Å². The van der Waals surface area contributed by atoms with Crippen LogP contribution < -0.4 is 0 Å². The Balaban J connectivity index is 3.14. The number of ether oxygens (including phenoxy) is 1. The van der Waals surface area contributed by atoms with Crippen LogP contribution in [-0.4, -0.2) is 23.7 Å². The third kappa shape index (κ3) is 56.7. The van der Waals surface area contributed by atoms with Crippen molar-refractivity contribution in [3.05, 3.63) is 12.2 Å². The van der Waals surface area contributed by atoms with Gasteiger partial charge in [-0.2, -0.15) is 0 Å². The van der Waals surface area contributed by atoms with Gasteiger partial charge in [0.1, 0.15) is 0 Å². The van der Waals surface area contributed by atoms with Crippen LogP contribution in [0.25, 0.3) is 0 Å². The van der Waals surface area contributed by atoms with Gasteiger partial charge in [-0.25, -0.2) is 0 Å². The fraction of sp³-hybridized carbons (Fsp3) is 0.930. The molecule has 61 heavy (non-hydrogen) atoms. The first kappa shape index (κ1) is 59.7. The lowest BCUT2D eigenvalue weighted by Gasteiger charge is -2.06. The van der Waals surface area contributed by atoms with Crippen molar-refractivity contribution in [2.45, 2.75) is 334 Å². The Labute approximate surface area is 383 Å². The summed E-state index contributed by atoms with van der Waals surface area (Å²) in [4.78, 5) is 22.6. The van der Waals surface area contributed by atoms with Crippen LogP contribution in [0.5, 0.6) is 0 Å². The Hall–Kier alpha value is -1.32. The zero-order chi connectivity index (χ0) is 44.0. The maximum Gasteiger partial charge on any atom is 0.305 e. The van der Waals surface area contributed by atoms with E-state index in [0.717, 1.165) is 32.1 Å². The van der Waals surface area contributed by atoms with Crippen molar-refractivity contribution in [3.63, 3.8) is 0 Å². The number of carbonyl (C=O) groups excluding carboxylic acids is 1. The first-order valence-corrected chi connectivity index (χ1v) is 28.2. The molecule has 1 N–H and O–H groups in total. The zero-order valence-electron chi connectivity index (χ0n) is 41.6. The number of carboxylic acids is 1. The average Bonchev–Trinajstić information content (AvgIpc) is 3.25. The minimum Gasteiger partial charge on any atom is -0.481 e. The molecule has 0 bridgehead atoms. The van der Waals surface area contributed by atoms with Crippen LogP contribution in [0.1, 0.15) is 334 Å². The minimum atomic E-state index is -0.650. The first-order chi connectivity index (χ1) is 30.2. The molecule has 0 fully saturated rings. The summed E-state index contributed by atoms with van der Waals surface area (Å²) < 4.78 is 5.48. The number of carboxylic acid groups (broad SMARTS) is 1. The summed E-state index contributed by atoms with van der Waals surface area (Å²) in [5.41, 5.74) is 0. The standard InChI is InChI=1S/C57H110O4/c1-2-3-4-5-6-7-8-9-32-36-39-42-45-48-51-54-57(60)61-55-52-49-46-43-40-37-34-31-29-27-25-23-21-19-17-15-13-11-10-12-14-16-18-20-22-24-26-28-30-33-35-38-41-44-47-50-53-56(58)59/h9,32H,2-8,10-31,33-55H2,1H3,(H,58,59)/b32-9-. The van der Waals surface area contributed by atoms with Gasteiger partial charge in [-0.3, -0.25) is 9.59 Å². The van der Waals surface area contributed by atoms with E-state index < -0.39 is 5.97 Å². The van der Waals surface area contributed by atoms with Crippen LogP contribution in [0.3, 0.4) is 0 Å². The van der Waals surface area contributed by atoms with E-state index >= 15 is 0 Å². The van der Waals surface area contributed by atoms with Crippen molar-refractivity contribution < 1.29 is 19.4 Å². The number of unbranched alkanes of at least 4 members (excludes halogenated alkanes) is 46. The molecule has 0 atom stereocenters. The number of hydrogen-bond donors (Lipinski definition) is 1. The molecule has 0 saturated carbocycles. The van der Waals surface area contributed by atoms with Gasteiger partial charge in [0.25, 0.3) is 0 Å². The highest BCUT2D eigenvalue weighted by molar-refractivity contribution is 5.69. The van der Waals surface area contributed by atoms with E-state index in [2.05, 4.69) is 19.1 Å². The summed E-state index contributed by atoms with van der Waals surface area (Å²) >= 11 is 0. The highest BCUT2D eigenvalue weighted by atomic mass is 16.5. The van der Waals surface area contributed by atoms with E-state index in [-0.39, 0.29) is 5.97 Å². The molecule has 0 heterocycles. The molecule has 0 aliphatic heterocycles. The van der Waals surface area contributed by atoms with Gasteiger partial charge >= 0.3 is 11.9 Å². The minimum absolute atomic E-state index is 0.0170. The van der Waals surface area contributed by atoms with Crippen molar-refractivity contribution in [3.8, 4) is 0 Å². The third-order valence-corrected chi connectivity index (χ3v) is 13.2. The monoisotopic (exact) mass is 859 g/mol. The Morgan fingerprint density at radius 2 is 0.541 bits per heavy atom. The summed E-state index contributed by atoms with van der Waals surface area (Å²) in [6, 6.07) is 0. The summed E-state index contributed by atoms with van der Waals surface area (Å²) in [5.74, 6) is -0.633. The molecule has 0 amide bonds. The van der Waals surface area contributed by atoms with Gasteiger partial charge in [0.05, 0.1) is 6.61 Å². The molecule has 362 valence electrons. The largest absolute Gasteiger partial charge is 0.481 e. The molecule has 0 rings (SSSR count). The highest BCUT2D eigenvalue weighted by Crippen LogP contribution is 2.18. The van der Waals surface area contributed by atoms with E-state index in [1.54, 1.807) is 0 Å². The molecule has 0 spiro atoms. The summed E-state index contributed by atoms with van der Waals surface area (Å²) in [7, 11) is 0. The number of rotatable bonds is 54. The highest BCUT2D eigenvalue weighted by Gasteiger charge is 2.03. The van der Waals surface area contributed by atoms with Gasteiger partial charge in [0.15, 0.2) is 0 Å². The van der Waals surface area contributed by atoms with E-state index in [4.69, 9.17) is 9.84 Å². The SMILES string of the molecule is CCCCCCCC/C=C\CCCCCCCC(=O)OCCCCCCCCCCCCCCCCCCCCCCCCCCCCCCCCCCCCCCC(=O)O. The number of hydrogen-bond acceptors (Lipinski definition) is 3. The van der Waals surface area contributed by atoms with Crippen LogP contribution in [-0.2, 0) is 14.3 Å². The van der Waals surface area contributed by atoms with Gasteiger partial charge in [0, 0.05) is 12.8 Å². The van der Waals surface area contributed by atoms with Crippen LogP contribution in [0.15, 0.2) is 12.2 Å². The maximum atomic E-state index is 12.0. The van der Waals surface area contributed by atoms with E-state index in [1.807, 2.05) is 0 Å². The van der Waals surface area contributed by atoms with E-state index in [9.17, 15) is 9.59 Å². The zero-order valence-corrected chi connectivity index (χ0v) is 41.6. The Morgan fingerprint density at radius 1 is 0.311 bits per heavy atom. The Morgan fingerprint density at radius 3 is 0.820 bits per heavy atom. The third-order valence-electron chi connectivity index (χ3n) is 13.2. The van der Waals surface area contributed by atoms with Crippen LogP contribution >= 0.6 is 0 Å². The van der Waals surface area contributed by atoms with Gasteiger partial charge in [-0.1, -0.05) is 289 Å². The number of allylic oxidation sites excluding steroid dienone is 2. The van der Waals surface area contributed by atoms with Gasteiger partial charge in [-0.15, -0.1) is 0 Å². The summed E-state index contributed by atoms with van der Waals surface area (Å²) in [5, 5.41) is 8.67. The molecular formula is C57H110O4. The predicted octanol–water partition coefficient (Wildman–Crippen LogP) is 20.1. The van der Waals surface area contributed by atoms with Crippen molar-refractivity contribution in [2.24, 2.45) is 0 Å². The Kier molecular flexibility index (Phi) is 53.6. The topological polar surface area (TPSA) is 63.6 Å². The van der Waals surface area contributed by atoms with Gasteiger partial charge in [0.2, 0.25) is 0 Å². The number of esters is 1. The molecule has 4 heteroatoms. The molecule has 0 aliphatic carbocycles. The lowest BCUT2D eigenvalue weighted by molar-refractivity contribution is -0.144. The molecule has 0 unspecified atom stereocenters.